The standard InChI is InChI=1S/C21H30O/c1-3-14-7-8-15-9-10-17-16(18(15)13-14)11-12-21(2)19(17)5-4-6-20(21)22/h7-8,13,16-17,19-20,22H,3-6,9-12H2,1-2H3/t16-,17+,19-,20?,21-/m0/s1. The van der Waals surface area contributed by atoms with E-state index in [0.29, 0.717) is 0 Å². The molecule has 0 aliphatic heterocycles. The monoisotopic (exact) mass is 298 g/mol. The van der Waals surface area contributed by atoms with Gasteiger partial charge in [-0.2, -0.15) is 0 Å². The molecule has 0 bridgehead atoms. The molecule has 0 saturated heterocycles. The van der Waals surface area contributed by atoms with Crippen molar-refractivity contribution in [2.24, 2.45) is 17.3 Å². The number of aliphatic hydroxyl groups excluding tert-OH is 1. The Labute approximate surface area is 135 Å². The molecule has 1 aromatic carbocycles. The normalized spacial score (nSPS) is 40.5. The number of aliphatic hydroxyl groups is 1. The summed E-state index contributed by atoms with van der Waals surface area (Å²) >= 11 is 0. The Bertz CT molecular complexity index is 563. The van der Waals surface area contributed by atoms with Crippen LogP contribution in [0.5, 0.6) is 0 Å². The van der Waals surface area contributed by atoms with Gasteiger partial charge in [0.2, 0.25) is 0 Å². The third-order valence-electron chi connectivity index (χ3n) is 7.39. The van der Waals surface area contributed by atoms with Crippen molar-refractivity contribution in [3.63, 3.8) is 0 Å². The van der Waals surface area contributed by atoms with Crippen molar-refractivity contribution in [3.8, 4) is 0 Å². The predicted molar refractivity (Wildman–Crippen MR) is 91.1 cm³/mol. The van der Waals surface area contributed by atoms with Gasteiger partial charge in [-0.15, -0.1) is 0 Å². The second-order valence-electron chi connectivity index (χ2n) is 8.29. The van der Waals surface area contributed by atoms with Gasteiger partial charge < -0.3 is 5.11 Å². The highest BCUT2D eigenvalue weighted by Crippen LogP contribution is 2.59. The number of aryl methyl sites for hydroxylation is 2. The van der Waals surface area contributed by atoms with Crippen molar-refractivity contribution in [3.05, 3.63) is 34.9 Å². The molecular formula is C21H30O. The van der Waals surface area contributed by atoms with Crippen LogP contribution in [-0.2, 0) is 12.8 Å². The molecule has 22 heavy (non-hydrogen) atoms. The Kier molecular flexibility index (Phi) is 3.60. The minimum atomic E-state index is -0.0597. The van der Waals surface area contributed by atoms with Gasteiger partial charge in [-0.25, -0.2) is 0 Å². The van der Waals surface area contributed by atoms with Crippen LogP contribution in [0, 0.1) is 17.3 Å². The summed E-state index contributed by atoms with van der Waals surface area (Å²) in [5.41, 5.74) is 4.96. The molecule has 1 heteroatoms. The van der Waals surface area contributed by atoms with Gasteiger partial charge in [0, 0.05) is 0 Å². The molecule has 0 amide bonds. The zero-order valence-electron chi connectivity index (χ0n) is 14.1. The molecule has 1 aromatic rings. The molecule has 0 aromatic heterocycles. The van der Waals surface area contributed by atoms with Crippen molar-refractivity contribution < 1.29 is 5.11 Å². The predicted octanol–water partition coefficient (Wildman–Crippen LogP) is 4.86. The van der Waals surface area contributed by atoms with Crippen LogP contribution in [0.2, 0.25) is 0 Å². The van der Waals surface area contributed by atoms with E-state index in [1.165, 1.54) is 44.1 Å². The van der Waals surface area contributed by atoms with E-state index in [9.17, 15) is 5.11 Å². The van der Waals surface area contributed by atoms with Gasteiger partial charge in [-0.3, -0.25) is 0 Å². The largest absolute Gasteiger partial charge is 0.393 e. The van der Waals surface area contributed by atoms with Crippen molar-refractivity contribution in [1.82, 2.24) is 0 Å². The van der Waals surface area contributed by atoms with Crippen LogP contribution in [0.25, 0.3) is 0 Å². The zero-order chi connectivity index (χ0) is 15.3. The van der Waals surface area contributed by atoms with Crippen LogP contribution >= 0.6 is 0 Å². The summed E-state index contributed by atoms with van der Waals surface area (Å²) in [5, 5.41) is 10.6. The molecule has 5 atom stereocenters. The molecule has 1 unspecified atom stereocenters. The first kappa shape index (κ1) is 14.8. The van der Waals surface area contributed by atoms with Gasteiger partial charge in [0.05, 0.1) is 6.10 Å². The third-order valence-corrected chi connectivity index (χ3v) is 7.39. The van der Waals surface area contributed by atoms with Crippen LogP contribution < -0.4 is 0 Å². The summed E-state index contributed by atoms with van der Waals surface area (Å²) in [5.74, 6) is 2.32. The van der Waals surface area contributed by atoms with E-state index in [-0.39, 0.29) is 11.5 Å². The highest BCUT2D eigenvalue weighted by Gasteiger charge is 2.52. The molecule has 120 valence electrons. The molecular weight excluding hydrogens is 268 g/mol. The molecule has 2 saturated carbocycles. The molecule has 3 aliphatic rings. The van der Waals surface area contributed by atoms with Crippen LogP contribution in [0.3, 0.4) is 0 Å². The van der Waals surface area contributed by atoms with Crippen LogP contribution in [-0.4, -0.2) is 11.2 Å². The minimum absolute atomic E-state index is 0.0597. The van der Waals surface area contributed by atoms with Crippen LogP contribution in [0.4, 0.5) is 0 Å². The van der Waals surface area contributed by atoms with E-state index in [0.717, 1.165) is 30.6 Å². The number of benzene rings is 1. The molecule has 0 heterocycles. The first-order chi connectivity index (χ1) is 10.6. The Morgan fingerprint density at radius 3 is 2.86 bits per heavy atom. The Hall–Kier alpha value is -0.820. The smallest absolute Gasteiger partial charge is 0.0596 e. The van der Waals surface area contributed by atoms with Gasteiger partial charge in [0.1, 0.15) is 0 Å². The quantitative estimate of drug-likeness (QED) is 0.785. The highest BCUT2D eigenvalue weighted by molar-refractivity contribution is 5.38. The number of hydrogen-bond acceptors (Lipinski definition) is 1. The molecule has 2 fully saturated rings. The summed E-state index contributed by atoms with van der Waals surface area (Å²) in [7, 11) is 0. The lowest BCUT2D eigenvalue weighted by atomic mass is 9.50. The lowest BCUT2D eigenvalue weighted by molar-refractivity contribution is -0.0976. The number of hydrogen-bond donors (Lipinski definition) is 1. The maximum Gasteiger partial charge on any atom is 0.0596 e. The molecule has 4 rings (SSSR count). The lowest BCUT2D eigenvalue weighted by Gasteiger charge is -2.56. The van der Waals surface area contributed by atoms with E-state index < -0.39 is 0 Å². The molecule has 3 aliphatic carbocycles. The SMILES string of the molecule is CCc1ccc2c(c1)[C@H]1CC[C@]3(C)C(O)CCC[C@H]3[C@@H]1CC2. The number of fused-ring (bicyclic) bond motifs is 5. The minimum Gasteiger partial charge on any atom is -0.393 e. The average Bonchev–Trinajstić information content (AvgIpc) is 2.55. The van der Waals surface area contributed by atoms with E-state index in [4.69, 9.17) is 0 Å². The first-order valence-electron chi connectivity index (χ1n) is 9.43. The fourth-order valence-electron chi connectivity index (χ4n) is 6.00. The maximum absolute atomic E-state index is 10.6. The van der Waals surface area contributed by atoms with Crippen molar-refractivity contribution >= 4 is 0 Å². The topological polar surface area (TPSA) is 20.2 Å². The fourth-order valence-corrected chi connectivity index (χ4v) is 6.00. The van der Waals surface area contributed by atoms with E-state index in [1.54, 1.807) is 11.1 Å². The van der Waals surface area contributed by atoms with Crippen LogP contribution in [0.1, 0.15) is 75.0 Å². The van der Waals surface area contributed by atoms with Gasteiger partial charge in [-0.1, -0.05) is 38.5 Å². The van der Waals surface area contributed by atoms with Crippen LogP contribution in [0.15, 0.2) is 18.2 Å². The van der Waals surface area contributed by atoms with Crippen molar-refractivity contribution in [1.29, 1.82) is 0 Å². The molecule has 0 radical (unpaired) electrons. The third kappa shape index (κ3) is 2.08. The zero-order valence-corrected chi connectivity index (χ0v) is 14.1. The molecule has 1 nitrogen and oxygen atoms in total. The van der Waals surface area contributed by atoms with Gasteiger partial charge in [-0.05, 0) is 84.8 Å². The maximum atomic E-state index is 10.6. The molecule has 0 spiro atoms. The summed E-state index contributed by atoms with van der Waals surface area (Å²) in [4.78, 5) is 0. The molecule has 1 N–H and O–H groups in total. The Morgan fingerprint density at radius 2 is 2.05 bits per heavy atom. The second-order valence-corrected chi connectivity index (χ2v) is 8.29. The summed E-state index contributed by atoms with van der Waals surface area (Å²) < 4.78 is 0. The second kappa shape index (κ2) is 5.37. The first-order valence-corrected chi connectivity index (χ1v) is 9.43. The fraction of sp³-hybridized carbons (Fsp3) is 0.714. The number of rotatable bonds is 1. The van der Waals surface area contributed by atoms with E-state index >= 15 is 0 Å². The summed E-state index contributed by atoms with van der Waals surface area (Å²) in [6.07, 6.45) is 9.79. The van der Waals surface area contributed by atoms with Gasteiger partial charge in [0.25, 0.3) is 0 Å². The van der Waals surface area contributed by atoms with Gasteiger partial charge in [0.15, 0.2) is 0 Å². The van der Waals surface area contributed by atoms with Crippen molar-refractivity contribution in [2.45, 2.75) is 77.2 Å². The average molecular weight is 298 g/mol. The lowest BCUT2D eigenvalue weighted by Crippen LogP contribution is -2.51. The Balaban J connectivity index is 1.70. The van der Waals surface area contributed by atoms with Crippen molar-refractivity contribution in [2.75, 3.05) is 0 Å². The summed E-state index contributed by atoms with van der Waals surface area (Å²) in [6.45, 7) is 4.65. The Morgan fingerprint density at radius 1 is 1.18 bits per heavy atom. The van der Waals surface area contributed by atoms with Gasteiger partial charge >= 0.3 is 0 Å². The van der Waals surface area contributed by atoms with E-state index in [2.05, 4.69) is 32.0 Å². The summed E-state index contributed by atoms with van der Waals surface area (Å²) in [6, 6.07) is 7.23. The highest BCUT2D eigenvalue weighted by atomic mass is 16.3. The van der Waals surface area contributed by atoms with E-state index in [1.807, 2.05) is 0 Å².